The molecule has 0 radical (unpaired) electrons. The lowest BCUT2D eigenvalue weighted by Gasteiger charge is -2.23. The minimum absolute atomic E-state index is 0.222. The zero-order valence-corrected chi connectivity index (χ0v) is 16.6. The second-order valence-electron chi connectivity index (χ2n) is 6.63. The Morgan fingerprint density at radius 1 is 1.03 bits per heavy atom. The van der Waals surface area contributed by atoms with Gasteiger partial charge in [-0.15, -0.1) is 0 Å². The average molecular weight is 405 g/mol. The van der Waals surface area contributed by atoms with E-state index in [1.54, 1.807) is 55.6 Å². The van der Waals surface area contributed by atoms with E-state index in [9.17, 15) is 8.42 Å². The Bertz CT molecular complexity index is 1180. The molecule has 1 aliphatic rings. The van der Waals surface area contributed by atoms with Crippen LogP contribution < -0.4 is 14.4 Å². The largest absolute Gasteiger partial charge is 0.497 e. The fourth-order valence-electron chi connectivity index (χ4n) is 3.42. The highest BCUT2D eigenvalue weighted by Gasteiger charge is 2.33. The second kappa shape index (κ2) is 7.49. The van der Waals surface area contributed by atoms with Crippen LogP contribution in [-0.2, 0) is 16.4 Å². The molecule has 3 aromatic carbocycles. The zero-order chi connectivity index (χ0) is 20.4. The Labute approximate surface area is 170 Å². The number of sulfonamides is 1. The van der Waals surface area contributed by atoms with Gasteiger partial charge in [-0.25, -0.2) is 8.42 Å². The van der Waals surface area contributed by atoms with E-state index in [0.717, 1.165) is 11.3 Å². The van der Waals surface area contributed by atoms with Crippen LogP contribution in [-0.4, -0.2) is 22.1 Å². The number of benzene rings is 3. The van der Waals surface area contributed by atoms with Crippen molar-refractivity contribution in [3.63, 3.8) is 0 Å². The van der Waals surface area contributed by atoms with Crippen LogP contribution in [0, 0.1) is 11.3 Å². The molecule has 146 valence electrons. The summed E-state index contributed by atoms with van der Waals surface area (Å²) >= 11 is 0. The van der Waals surface area contributed by atoms with Crippen molar-refractivity contribution in [3.05, 3.63) is 77.9 Å². The third kappa shape index (κ3) is 3.50. The Morgan fingerprint density at radius 3 is 2.41 bits per heavy atom. The van der Waals surface area contributed by atoms with E-state index in [0.29, 0.717) is 35.7 Å². The monoisotopic (exact) mass is 405 g/mol. The number of rotatable bonds is 5. The number of hydrogen-bond acceptors (Lipinski definition) is 5. The molecule has 1 heterocycles. The summed E-state index contributed by atoms with van der Waals surface area (Å²) in [6.07, 6.45) is 0.646. The highest BCUT2D eigenvalue weighted by molar-refractivity contribution is 7.92. The van der Waals surface area contributed by atoms with Crippen molar-refractivity contribution in [3.8, 4) is 11.8 Å². The van der Waals surface area contributed by atoms with Crippen molar-refractivity contribution >= 4 is 27.1 Å². The first-order chi connectivity index (χ1) is 14.0. The van der Waals surface area contributed by atoms with Crippen LogP contribution in [0.4, 0.5) is 17.1 Å². The molecule has 0 saturated heterocycles. The zero-order valence-electron chi connectivity index (χ0n) is 15.8. The number of fused-ring (bicyclic) bond motifs is 1. The Balaban J connectivity index is 1.71. The van der Waals surface area contributed by atoms with Gasteiger partial charge in [-0.2, -0.15) is 5.26 Å². The summed E-state index contributed by atoms with van der Waals surface area (Å²) < 4.78 is 33.2. The maximum absolute atomic E-state index is 13.3. The lowest BCUT2D eigenvalue weighted by Crippen LogP contribution is -2.29. The molecular weight excluding hydrogens is 386 g/mol. The number of ether oxygens (including phenoxy) is 1. The van der Waals surface area contributed by atoms with Crippen LogP contribution in [0.25, 0.3) is 0 Å². The highest BCUT2D eigenvalue weighted by atomic mass is 32.2. The third-order valence-corrected chi connectivity index (χ3v) is 6.71. The normalized spacial score (nSPS) is 12.9. The molecule has 6 nitrogen and oxygen atoms in total. The van der Waals surface area contributed by atoms with Crippen LogP contribution in [0.2, 0.25) is 0 Å². The highest BCUT2D eigenvalue weighted by Crippen LogP contribution is 2.40. The number of nitrogens with zero attached hydrogens (tertiary/aromatic N) is 2. The number of nitrogens with one attached hydrogen (secondary N) is 1. The molecule has 0 atom stereocenters. The third-order valence-electron chi connectivity index (χ3n) is 4.89. The first-order valence-electron chi connectivity index (χ1n) is 9.09. The molecular formula is C22H19N3O3S. The molecule has 0 spiro atoms. The quantitative estimate of drug-likeness (QED) is 0.692. The standard InChI is InChI=1S/C22H19N3O3S/c1-28-19-9-11-20(12-10-19)29(26,27)25-14-13-17-3-2-4-21(22(17)25)24-18-7-5-16(15-23)6-8-18/h2-12,24H,13-14H2,1H3. The van der Waals surface area contributed by atoms with Gasteiger partial charge < -0.3 is 10.1 Å². The fourth-order valence-corrected chi connectivity index (χ4v) is 4.94. The SMILES string of the molecule is COc1ccc(S(=O)(=O)N2CCc3cccc(Nc4ccc(C#N)cc4)c32)cc1. The van der Waals surface area contributed by atoms with Gasteiger partial charge in [-0.3, -0.25) is 4.31 Å². The van der Waals surface area contributed by atoms with E-state index in [-0.39, 0.29) is 4.90 Å². The number of methoxy groups -OCH3 is 1. The molecule has 0 aromatic heterocycles. The van der Waals surface area contributed by atoms with Gasteiger partial charge in [0.25, 0.3) is 10.0 Å². The van der Waals surface area contributed by atoms with E-state index < -0.39 is 10.0 Å². The Hall–Kier alpha value is -3.50. The number of hydrogen-bond donors (Lipinski definition) is 1. The smallest absolute Gasteiger partial charge is 0.264 e. The van der Waals surface area contributed by atoms with Crippen molar-refractivity contribution in [2.75, 3.05) is 23.3 Å². The predicted molar refractivity (Wildman–Crippen MR) is 112 cm³/mol. The van der Waals surface area contributed by atoms with Crippen LogP contribution in [0.3, 0.4) is 0 Å². The number of anilines is 3. The van der Waals surface area contributed by atoms with E-state index in [1.165, 1.54) is 4.31 Å². The van der Waals surface area contributed by atoms with Gasteiger partial charge in [0.2, 0.25) is 0 Å². The lowest BCUT2D eigenvalue weighted by atomic mass is 10.1. The molecule has 0 unspecified atom stereocenters. The van der Waals surface area contributed by atoms with E-state index >= 15 is 0 Å². The molecule has 0 saturated carbocycles. The predicted octanol–water partition coefficient (Wildman–Crippen LogP) is 4.06. The summed E-state index contributed by atoms with van der Waals surface area (Å²) in [5.41, 5.74) is 3.69. The van der Waals surface area contributed by atoms with Gasteiger partial charge in [0.1, 0.15) is 5.75 Å². The summed E-state index contributed by atoms with van der Waals surface area (Å²) in [7, 11) is -2.16. The summed E-state index contributed by atoms with van der Waals surface area (Å²) in [5.74, 6) is 0.606. The number of nitriles is 1. The topological polar surface area (TPSA) is 82.4 Å². The number of para-hydroxylation sites is 1. The fraction of sp³-hybridized carbons (Fsp3) is 0.136. The lowest BCUT2D eigenvalue weighted by molar-refractivity contribution is 0.414. The second-order valence-corrected chi connectivity index (χ2v) is 8.49. The van der Waals surface area contributed by atoms with Crippen molar-refractivity contribution < 1.29 is 13.2 Å². The molecule has 0 fully saturated rings. The molecule has 7 heteroatoms. The van der Waals surface area contributed by atoms with Crippen molar-refractivity contribution in [2.45, 2.75) is 11.3 Å². The van der Waals surface area contributed by atoms with Crippen LogP contribution >= 0.6 is 0 Å². The van der Waals surface area contributed by atoms with Crippen molar-refractivity contribution in [1.82, 2.24) is 0 Å². The van der Waals surface area contributed by atoms with E-state index in [1.807, 2.05) is 18.2 Å². The van der Waals surface area contributed by atoms with Crippen LogP contribution in [0.5, 0.6) is 5.75 Å². The van der Waals surface area contributed by atoms with Crippen LogP contribution in [0.1, 0.15) is 11.1 Å². The molecule has 4 rings (SSSR count). The van der Waals surface area contributed by atoms with Gasteiger partial charge in [0.15, 0.2) is 0 Å². The molecule has 0 aliphatic carbocycles. The summed E-state index contributed by atoms with van der Waals surface area (Å²) in [6, 6.07) is 21.3. The molecule has 0 bridgehead atoms. The minimum atomic E-state index is -3.71. The van der Waals surface area contributed by atoms with E-state index in [4.69, 9.17) is 10.00 Å². The molecule has 29 heavy (non-hydrogen) atoms. The first-order valence-corrected chi connectivity index (χ1v) is 10.5. The van der Waals surface area contributed by atoms with Gasteiger partial charge in [0, 0.05) is 12.2 Å². The van der Waals surface area contributed by atoms with E-state index in [2.05, 4.69) is 11.4 Å². The molecule has 3 aromatic rings. The average Bonchev–Trinajstić information content (AvgIpc) is 3.20. The summed E-state index contributed by atoms with van der Waals surface area (Å²) in [4.78, 5) is 0.222. The molecule has 0 amide bonds. The Kier molecular flexibility index (Phi) is 4.87. The molecule has 1 aliphatic heterocycles. The van der Waals surface area contributed by atoms with Crippen molar-refractivity contribution in [2.24, 2.45) is 0 Å². The maximum atomic E-state index is 13.3. The van der Waals surface area contributed by atoms with Gasteiger partial charge in [-0.1, -0.05) is 12.1 Å². The van der Waals surface area contributed by atoms with Gasteiger partial charge in [-0.05, 0) is 66.6 Å². The van der Waals surface area contributed by atoms with Gasteiger partial charge in [0.05, 0.1) is 35.0 Å². The maximum Gasteiger partial charge on any atom is 0.264 e. The van der Waals surface area contributed by atoms with Crippen LogP contribution in [0.15, 0.2) is 71.6 Å². The summed E-state index contributed by atoms with van der Waals surface area (Å²) in [5, 5.41) is 12.3. The summed E-state index contributed by atoms with van der Waals surface area (Å²) in [6.45, 7) is 0.385. The first kappa shape index (κ1) is 18.8. The molecule has 1 N–H and O–H groups in total. The van der Waals surface area contributed by atoms with Gasteiger partial charge >= 0.3 is 0 Å². The minimum Gasteiger partial charge on any atom is -0.497 e. The van der Waals surface area contributed by atoms with Crippen molar-refractivity contribution in [1.29, 1.82) is 5.26 Å². The Morgan fingerprint density at radius 2 is 1.76 bits per heavy atom.